The summed E-state index contributed by atoms with van der Waals surface area (Å²) in [5, 5.41) is 0. The molecule has 0 aromatic heterocycles. The first-order chi connectivity index (χ1) is 8.13. The van der Waals surface area contributed by atoms with Gasteiger partial charge in [0.05, 0.1) is 12.1 Å². The molecule has 3 heteroatoms. The van der Waals surface area contributed by atoms with Crippen molar-refractivity contribution in [1.29, 1.82) is 0 Å². The fraction of sp³-hybridized carbons (Fsp3) is 0.571. The number of hydrogen-bond donors (Lipinski definition) is 2. The first kappa shape index (κ1) is 12.6. The van der Waals surface area contributed by atoms with E-state index in [0.717, 1.165) is 13.0 Å². The highest BCUT2D eigenvalue weighted by Crippen LogP contribution is 2.32. The molecule has 1 aromatic rings. The van der Waals surface area contributed by atoms with Crippen LogP contribution < -0.4 is 11.3 Å². The molecule has 3 atom stereocenters. The summed E-state index contributed by atoms with van der Waals surface area (Å²) < 4.78 is 5.83. The maximum atomic E-state index is 5.83. The van der Waals surface area contributed by atoms with E-state index in [4.69, 9.17) is 10.6 Å². The molecule has 1 aliphatic heterocycles. The van der Waals surface area contributed by atoms with Crippen molar-refractivity contribution in [3.63, 3.8) is 0 Å². The first-order valence-corrected chi connectivity index (χ1v) is 6.28. The van der Waals surface area contributed by atoms with Crippen LogP contribution >= 0.6 is 0 Å². The molecule has 1 aromatic carbocycles. The summed E-state index contributed by atoms with van der Waals surface area (Å²) in [7, 11) is 0. The maximum Gasteiger partial charge on any atom is 0.0809 e. The quantitative estimate of drug-likeness (QED) is 0.623. The van der Waals surface area contributed by atoms with Crippen molar-refractivity contribution in [2.24, 2.45) is 11.8 Å². The predicted octanol–water partition coefficient (Wildman–Crippen LogP) is 2.23. The van der Waals surface area contributed by atoms with E-state index < -0.39 is 0 Å². The van der Waals surface area contributed by atoms with Crippen LogP contribution in [0.5, 0.6) is 0 Å². The van der Waals surface area contributed by atoms with Crippen LogP contribution in [-0.4, -0.2) is 12.7 Å². The molecule has 0 amide bonds. The van der Waals surface area contributed by atoms with E-state index in [2.05, 4.69) is 44.4 Å². The Balaban J connectivity index is 2.31. The molecule has 1 aliphatic rings. The van der Waals surface area contributed by atoms with Crippen LogP contribution in [0.25, 0.3) is 0 Å². The summed E-state index contributed by atoms with van der Waals surface area (Å²) in [6.45, 7) is 7.30. The lowest BCUT2D eigenvalue weighted by molar-refractivity contribution is 0.0605. The molecule has 1 fully saturated rings. The monoisotopic (exact) mass is 234 g/mol. The summed E-state index contributed by atoms with van der Waals surface area (Å²) in [6, 6.07) is 6.57. The van der Waals surface area contributed by atoms with Gasteiger partial charge in [-0.15, -0.1) is 0 Å². The van der Waals surface area contributed by atoms with E-state index in [0.29, 0.717) is 5.92 Å². The second-order valence-corrected chi connectivity index (χ2v) is 5.11. The maximum absolute atomic E-state index is 5.83. The minimum Gasteiger partial charge on any atom is -0.376 e. The van der Waals surface area contributed by atoms with Crippen LogP contribution in [0.1, 0.15) is 36.1 Å². The summed E-state index contributed by atoms with van der Waals surface area (Å²) in [5.41, 5.74) is 6.72. The number of ether oxygens (including phenoxy) is 1. The lowest BCUT2D eigenvalue weighted by Crippen LogP contribution is -2.39. The highest BCUT2D eigenvalue weighted by atomic mass is 16.5. The Bertz CT molecular complexity index is 392. The van der Waals surface area contributed by atoms with E-state index in [1.807, 2.05) is 0 Å². The lowest BCUT2D eigenvalue weighted by Gasteiger charge is -2.27. The van der Waals surface area contributed by atoms with Gasteiger partial charge in [-0.25, -0.2) is 0 Å². The van der Waals surface area contributed by atoms with Gasteiger partial charge in [0.25, 0.3) is 0 Å². The van der Waals surface area contributed by atoms with Crippen molar-refractivity contribution < 1.29 is 4.74 Å². The van der Waals surface area contributed by atoms with Crippen molar-refractivity contribution in [3.05, 3.63) is 34.9 Å². The van der Waals surface area contributed by atoms with E-state index in [-0.39, 0.29) is 12.1 Å². The molecule has 94 valence electrons. The Morgan fingerprint density at radius 2 is 2.18 bits per heavy atom. The molecule has 0 aliphatic carbocycles. The van der Waals surface area contributed by atoms with Crippen molar-refractivity contribution in [2.75, 3.05) is 6.61 Å². The van der Waals surface area contributed by atoms with Crippen molar-refractivity contribution in [1.82, 2.24) is 5.43 Å². The number of hydrogen-bond acceptors (Lipinski definition) is 3. The van der Waals surface area contributed by atoms with Gasteiger partial charge in [-0.2, -0.15) is 0 Å². The van der Waals surface area contributed by atoms with Crippen molar-refractivity contribution in [3.8, 4) is 0 Å². The second kappa shape index (κ2) is 5.17. The van der Waals surface area contributed by atoms with Crippen molar-refractivity contribution >= 4 is 0 Å². The van der Waals surface area contributed by atoms with Gasteiger partial charge in [-0.05, 0) is 37.3 Å². The van der Waals surface area contributed by atoms with Crippen LogP contribution in [-0.2, 0) is 4.74 Å². The molecule has 3 unspecified atom stereocenters. The molecule has 0 saturated carbocycles. The molecular formula is C14H22N2O. The van der Waals surface area contributed by atoms with E-state index in [1.54, 1.807) is 0 Å². The molecule has 0 radical (unpaired) electrons. The third-order valence-corrected chi connectivity index (χ3v) is 3.72. The Hall–Kier alpha value is -0.900. The highest BCUT2D eigenvalue weighted by molar-refractivity contribution is 5.33. The summed E-state index contributed by atoms with van der Waals surface area (Å²) in [6.07, 6.45) is 1.30. The number of benzene rings is 1. The van der Waals surface area contributed by atoms with Gasteiger partial charge in [0, 0.05) is 6.61 Å². The zero-order valence-electron chi connectivity index (χ0n) is 10.9. The van der Waals surface area contributed by atoms with Crippen LogP contribution in [0.3, 0.4) is 0 Å². The summed E-state index contributed by atoms with van der Waals surface area (Å²) in [4.78, 5) is 0. The minimum absolute atomic E-state index is 0.0902. The van der Waals surface area contributed by atoms with Gasteiger partial charge in [0.2, 0.25) is 0 Å². The van der Waals surface area contributed by atoms with Crippen molar-refractivity contribution in [2.45, 2.75) is 39.3 Å². The number of aryl methyl sites for hydroxylation is 2. The van der Waals surface area contributed by atoms with Gasteiger partial charge < -0.3 is 4.74 Å². The third kappa shape index (κ3) is 2.51. The normalized spacial score (nSPS) is 26.1. The van der Waals surface area contributed by atoms with Gasteiger partial charge in [-0.3, -0.25) is 11.3 Å². The van der Waals surface area contributed by atoms with Gasteiger partial charge in [-0.1, -0.05) is 30.7 Å². The molecule has 1 saturated heterocycles. The number of nitrogens with two attached hydrogens (primary N) is 1. The average Bonchev–Trinajstić information content (AvgIpc) is 2.71. The van der Waals surface area contributed by atoms with E-state index >= 15 is 0 Å². The second-order valence-electron chi connectivity index (χ2n) is 5.11. The fourth-order valence-electron chi connectivity index (χ4n) is 2.60. The predicted molar refractivity (Wildman–Crippen MR) is 69.5 cm³/mol. The first-order valence-electron chi connectivity index (χ1n) is 6.28. The zero-order chi connectivity index (χ0) is 12.4. The standard InChI is InChI=1S/C14H22N2O/c1-9-4-5-10(2)12(8-9)13(16-15)14-11(3)6-7-17-14/h4-5,8,11,13-14,16H,6-7,15H2,1-3H3. The molecule has 17 heavy (non-hydrogen) atoms. The zero-order valence-corrected chi connectivity index (χ0v) is 10.9. The summed E-state index contributed by atoms with van der Waals surface area (Å²) >= 11 is 0. The lowest BCUT2D eigenvalue weighted by atomic mass is 9.90. The minimum atomic E-state index is 0.0902. The molecular weight excluding hydrogens is 212 g/mol. The number of rotatable bonds is 3. The molecule has 2 rings (SSSR count). The van der Waals surface area contributed by atoms with Crippen LogP contribution in [0, 0.1) is 19.8 Å². The number of nitrogens with one attached hydrogen (secondary N) is 1. The molecule has 1 heterocycles. The van der Waals surface area contributed by atoms with Gasteiger partial charge in [0.15, 0.2) is 0 Å². The van der Waals surface area contributed by atoms with E-state index in [9.17, 15) is 0 Å². The fourth-order valence-corrected chi connectivity index (χ4v) is 2.60. The highest BCUT2D eigenvalue weighted by Gasteiger charge is 2.33. The molecule has 3 N–H and O–H groups in total. The smallest absolute Gasteiger partial charge is 0.0809 e. The molecule has 0 spiro atoms. The topological polar surface area (TPSA) is 47.3 Å². The average molecular weight is 234 g/mol. The Morgan fingerprint density at radius 1 is 1.41 bits per heavy atom. The van der Waals surface area contributed by atoms with E-state index in [1.165, 1.54) is 16.7 Å². The van der Waals surface area contributed by atoms with Crippen LogP contribution in [0.4, 0.5) is 0 Å². The number of hydrazine groups is 1. The Kier molecular flexibility index (Phi) is 3.82. The SMILES string of the molecule is Cc1ccc(C)c(C(NN)C2OCCC2C)c1. The van der Waals surface area contributed by atoms with Crippen LogP contribution in [0.2, 0.25) is 0 Å². The Morgan fingerprint density at radius 3 is 2.76 bits per heavy atom. The molecule has 3 nitrogen and oxygen atoms in total. The van der Waals surface area contributed by atoms with Gasteiger partial charge in [0.1, 0.15) is 0 Å². The molecule has 0 bridgehead atoms. The summed E-state index contributed by atoms with van der Waals surface area (Å²) in [5.74, 6) is 6.29. The third-order valence-electron chi connectivity index (χ3n) is 3.72. The van der Waals surface area contributed by atoms with Crippen LogP contribution in [0.15, 0.2) is 18.2 Å². The Labute approximate surface area is 103 Å². The van der Waals surface area contributed by atoms with Gasteiger partial charge >= 0.3 is 0 Å². The largest absolute Gasteiger partial charge is 0.376 e.